The number of hydrogen-bond acceptors (Lipinski definition) is 3. The predicted octanol–water partition coefficient (Wildman–Crippen LogP) is 11.7. The molecule has 0 N–H and O–H groups in total. The van der Waals surface area contributed by atoms with Gasteiger partial charge in [0.25, 0.3) is 0 Å². The lowest BCUT2D eigenvalue weighted by Gasteiger charge is -2.21. The quantitative estimate of drug-likeness (QED) is 0.215. The number of benzene rings is 7. The molecule has 0 amide bonds. The van der Waals surface area contributed by atoms with Crippen LogP contribution in [0.4, 0.5) is 0 Å². The van der Waals surface area contributed by atoms with Gasteiger partial charge < -0.3 is 13.6 Å². The van der Waals surface area contributed by atoms with Crippen molar-refractivity contribution in [2.75, 3.05) is 0 Å². The van der Waals surface area contributed by atoms with E-state index in [9.17, 15) is 0 Å². The highest BCUT2D eigenvalue weighted by molar-refractivity contribution is 6.14. The molecule has 3 heteroatoms. The third-order valence-electron chi connectivity index (χ3n) is 8.88. The third kappa shape index (κ3) is 3.25. The zero-order valence-corrected chi connectivity index (χ0v) is 22.9. The minimum absolute atomic E-state index is 0.872. The molecule has 0 saturated heterocycles. The number of rotatable bonds is 2. The maximum atomic E-state index is 6.52. The standard InChI is InChI=1S/C40H22O3/c1-2-11-33-31(8-1)40-27(9-5-13-36(40)41-33)26-15-18-29-28-17-14-25(21-37(28)43-38(29)22-26)24-16-19-34-32(20-24)30-10-3-6-23-7-4-12-35(42-34)39(23)30/h1-22H. The van der Waals surface area contributed by atoms with Crippen LogP contribution < -0.4 is 4.74 Å². The van der Waals surface area contributed by atoms with Gasteiger partial charge in [-0.25, -0.2) is 0 Å². The molecule has 0 saturated carbocycles. The molecule has 43 heavy (non-hydrogen) atoms. The largest absolute Gasteiger partial charge is 0.456 e. The molecule has 0 atom stereocenters. The van der Waals surface area contributed by atoms with Crippen LogP contribution in [0.1, 0.15) is 0 Å². The first-order valence-corrected chi connectivity index (χ1v) is 14.5. The summed E-state index contributed by atoms with van der Waals surface area (Å²) < 4.78 is 19.0. The van der Waals surface area contributed by atoms with Gasteiger partial charge in [0.15, 0.2) is 0 Å². The van der Waals surface area contributed by atoms with E-state index >= 15 is 0 Å². The smallest absolute Gasteiger partial charge is 0.136 e. The van der Waals surface area contributed by atoms with E-state index in [1.807, 2.05) is 30.3 Å². The maximum Gasteiger partial charge on any atom is 0.136 e. The molecular weight excluding hydrogens is 528 g/mol. The van der Waals surface area contributed by atoms with E-state index in [2.05, 4.69) is 103 Å². The molecule has 0 spiro atoms. The highest BCUT2D eigenvalue weighted by Crippen LogP contribution is 2.48. The Labute approximate surface area is 246 Å². The fraction of sp³-hybridized carbons (Fsp3) is 0. The normalized spacial score (nSPS) is 12.4. The molecule has 0 fully saturated rings. The first-order chi connectivity index (χ1) is 21.3. The Bertz CT molecular complexity index is 2590. The highest BCUT2D eigenvalue weighted by atomic mass is 16.5. The van der Waals surface area contributed by atoms with Crippen molar-refractivity contribution in [3.63, 3.8) is 0 Å². The number of hydrogen-bond donors (Lipinski definition) is 0. The van der Waals surface area contributed by atoms with Gasteiger partial charge in [0.1, 0.15) is 33.8 Å². The van der Waals surface area contributed by atoms with E-state index in [4.69, 9.17) is 13.6 Å². The minimum atomic E-state index is 0.872. The zero-order chi connectivity index (χ0) is 28.1. The van der Waals surface area contributed by atoms with Crippen molar-refractivity contribution in [3.05, 3.63) is 133 Å². The van der Waals surface area contributed by atoms with E-state index in [0.717, 1.165) is 88.6 Å². The van der Waals surface area contributed by atoms with E-state index in [1.165, 1.54) is 10.9 Å². The van der Waals surface area contributed by atoms with Crippen LogP contribution in [0.2, 0.25) is 0 Å². The molecule has 0 unspecified atom stereocenters. The first kappa shape index (κ1) is 22.8. The summed E-state index contributed by atoms with van der Waals surface area (Å²) in [5.74, 6) is 1.79. The lowest BCUT2D eigenvalue weighted by molar-refractivity contribution is 0.487. The van der Waals surface area contributed by atoms with Crippen molar-refractivity contribution in [1.82, 2.24) is 0 Å². The molecule has 7 aromatic carbocycles. The molecule has 200 valence electrons. The second kappa shape index (κ2) is 8.37. The van der Waals surface area contributed by atoms with Crippen molar-refractivity contribution in [2.45, 2.75) is 0 Å². The topological polar surface area (TPSA) is 35.5 Å². The molecule has 1 aliphatic rings. The molecule has 0 radical (unpaired) electrons. The molecule has 3 nitrogen and oxygen atoms in total. The van der Waals surface area contributed by atoms with Crippen LogP contribution in [0.25, 0.3) is 88.0 Å². The second-order valence-corrected chi connectivity index (χ2v) is 11.3. The second-order valence-electron chi connectivity index (χ2n) is 11.3. The first-order valence-electron chi connectivity index (χ1n) is 14.5. The van der Waals surface area contributed by atoms with Gasteiger partial charge in [-0.05, 0) is 87.8 Å². The molecule has 10 rings (SSSR count). The minimum Gasteiger partial charge on any atom is -0.456 e. The summed E-state index contributed by atoms with van der Waals surface area (Å²) in [6, 6.07) is 46.6. The van der Waals surface area contributed by atoms with Gasteiger partial charge in [0.2, 0.25) is 0 Å². The Balaban J connectivity index is 1.10. The van der Waals surface area contributed by atoms with Crippen molar-refractivity contribution in [2.24, 2.45) is 0 Å². The van der Waals surface area contributed by atoms with Crippen LogP contribution in [-0.2, 0) is 0 Å². The van der Waals surface area contributed by atoms with Crippen LogP contribution >= 0.6 is 0 Å². The average molecular weight is 551 g/mol. The number of fused-ring (bicyclic) bond motifs is 8. The summed E-state index contributed by atoms with van der Waals surface area (Å²) in [7, 11) is 0. The lowest BCUT2D eigenvalue weighted by Crippen LogP contribution is -1.97. The lowest BCUT2D eigenvalue weighted by atomic mass is 9.92. The van der Waals surface area contributed by atoms with E-state index in [1.54, 1.807) is 0 Å². The highest BCUT2D eigenvalue weighted by Gasteiger charge is 2.21. The predicted molar refractivity (Wildman–Crippen MR) is 175 cm³/mol. The van der Waals surface area contributed by atoms with Gasteiger partial charge in [-0.1, -0.05) is 78.9 Å². The van der Waals surface area contributed by atoms with Crippen molar-refractivity contribution < 1.29 is 13.6 Å². The summed E-state index contributed by atoms with van der Waals surface area (Å²) >= 11 is 0. The Morgan fingerprint density at radius 3 is 1.93 bits per heavy atom. The summed E-state index contributed by atoms with van der Waals surface area (Å²) in [4.78, 5) is 0. The Kier molecular flexibility index (Phi) is 4.45. The molecular formula is C40H22O3. The average Bonchev–Trinajstić information content (AvgIpc) is 3.62. The van der Waals surface area contributed by atoms with E-state index in [-0.39, 0.29) is 0 Å². The number of ether oxygens (including phenoxy) is 1. The number of furan rings is 2. The van der Waals surface area contributed by atoms with Gasteiger partial charge in [0, 0.05) is 32.5 Å². The molecule has 9 aromatic rings. The summed E-state index contributed by atoms with van der Waals surface area (Å²) in [6.45, 7) is 0. The van der Waals surface area contributed by atoms with Gasteiger partial charge >= 0.3 is 0 Å². The fourth-order valence-corrected chi connectivity index (χ4v) is 6.88. The van der Waals surface area contributed by atoms with Gasteiger partial charge in [-0.2, -0.15) is 0 Å². The summed E-state index contributed by atoms with van der Waals surface area (Å²) in [5, 5.41) is 6.82. The summed E-state index contributed by atoms with van der Waals surface area (Å²) in [6.07, 6.45) is 0. The monoisotopic (exact) mass is 550 g/mol. The van der Waals surface area contributed by atoms with Gasteiger partial charge in [-0.15, -0.1) is 0 Å². The molecule has 3 heterocycles. The van der Waals surface area contributed by atoms with Crippen LogP contribution in [0.15, 0.2) is 142 Å². The van der Waals surface area contributed by atoms with Crippen molar-refractivity contribution in [3.8, 4) is 44.9 Å². The van der Waals surface area contributed by atoms with Gasteiger partial charge in [-0.3, -0.25) is 0 Å². The van der Waals surface area contributed by atoms with E-state index < -0.39 is 0 Å². The van der Waals surface area contributed by atoms with Crippen LogP contribution in [0.3, 0.4) is 0 Å². The Morgan fingerprint density at radius 1 is 0.349 bits per heavy atom. The molecule has 0 aliphatic carbocycles. The van der Waals surface area contributed by atoms with Crippen molar-refractivity contribution in [1.29, 1.82) is 0 Å². The zero-order valence-electron chi connectivity index (χ0n) is 22.9. The Hall–Kier alpha value is -5.80. The molecule has 0 bridgehead atoms. The van der Waals surface area contributed by atoms with Crippen LogP contribution in [0.5, 0.6) is 11.5 Å². The molecule has 1 aliphatic heterocycles. The summed E-state index contributed by atoms with van der Waals surface area (Å²) in [5.41, 5.74) is 10.3. The third-order valence-corrected chi connectivity index (χ3v) is 8.88. The number of para-hydroxylation sites is 1. The van der Waals surface area contributed by atoms with Gasteiger partial charge in [0.05, 0.1) is 0 Å². The molecule has 2 aromatic heterocycles. The van der Waals surface area contributed by atoms with Crippen LogP contribution in [-0.4, -0.2) is 0 Å². The SMILES string of the molecule is c1cc2c3c(cccc3c1)-c1cc(-c3ccc4c(c3)oc3cc(-c5cccc6oc7ccccc7c56)ccc34)ccc1O2. The van der Waals surface area contributed by atoms with E-state index in [0.29, 0.717) is 0 Å². The maximum absolute atomic E-state index is 6.52. The Morgan fingerprint density at radius 2 is 1.02 bits per heavy atom. The van der Waals surface area contributed by atoms with Crippen LogP contribution in [0, 0.1) is 0 Å². The van der Waals surface area contributed by atoms with Crippen molar-refractivity contribution >= 4 is 54.6 Å². The fourth-order valence-electron chi connectivity index (χ4n) is 6.88.